The topological polar surface area (TPSA) is 44.6 Å². The standard InChI is InChI=1S/C25H29N5O/c1-2-27-14-16-28(17-15-27)21-10-8-20(9-11-21)25(31)29-13-12-24-23(18-29)26-19-30(24)22-6-4-3-5-7-22/h3-11,19H,2,12-18H2,1H3. The van der Waals surface area contributed by atoms with Crippen LogP contribution in [0.15, 0.2) is 60.9 Å². The number of nitrogens with zero attached hydrogens (tertiary/aromatic N) is 5. The molecular weight excluding hydrogens is 386 g/mol. The van der Waals surface area contributed by atoms with E-state index in [0.717, 1.165) is 56.1 Å². The van der Waals surface area contributed by atoms with Crippen molar-refractivity contribution in [3.05, 3.63) is 77.9 Å². The smallest absolute Gasteiger partial charge is 0.254 e. The van der Waals surface area contributed by atoms with E-state index in [-0.39, 0.29) is 5.91 Å². The summed E-state index contributed by atoms with van der Waals surface area (Å²) in [5.74, 6) is 0.0854. The third kappa shape index (κ3) is 3.95. The highest BCUT2D eigenvalue weighted by Gasteiger charge is 2.26. The molecule has 0 unspecified atom stereocenters. The van der Waals surface area contributed by atoms with E-state index in [1.54, 1.807) is 0 Å². The summed E-state index contributed by atoms with van der Waals surface area (Å²) in [6.07, 6.45) is 2.69. The number of likely N-dealkylation sites (N-methyl/N-ethyl adjacent to an activating group) is 1. The second-order valence-corrected chi connectivity index (χ2v) is 8.29. The first-order valence-corrected chi connectivity index (χ1v) is 11.2. The fraction of sp³-hybridized carbons (Fsp3) is 0.360. The monoisotopic (exact) mass is 415 g/mol. The summed E-state index contributed by atoms with van der Waals surface area (Å²) in [5, 5.41) is 0. The molecular formula is C25H29N5O. The van der Waals surface area contributed by atoms with Gasteiger partial charge < -0.3 is 19.3 Å². The highest BCUT2D eigenvalue weighted by atomic mass is 16.2. The Morgan fingerprint density at radius 2 is 1.65 bits per heavy atom. The van der Waals surface area contributed by atoms with Gasteiger partial charge in [0.05, 0.1) is 18.6 Å². The average molecular weight is 416 g/mol. The van der Waals surface area contributed by atoms with Crippen LogP contribution in [0.4, 0.5) is 5.69 Å². The summed E-state index contributed by atoms with van der Waals surface area (Å²) < 4.78 is 2.14. The van der Waals surface area contributed by atoms with Gasteiger partial charge in [0, 0.05) is 61.8 Å². The summed E-state index contributed by atoms with van der Waals surface area (Å²) in [6.45, 7) is 8.89. The summed E-state index contributed by atoms with van der Waals surface area (Å²) in [6, 6.07) is 18.4. The number of piperazine rings is 1. The van der Waals surface area contributed by atoms with Crippen LogP contribution in [0.1, 0.15) is 28.7 Å². The van der Waals surface area contributed by atoms with Gasteiger partial charge >= 0.3 is 0 Å². The molecule has 3 heterocycles. The van der Waals surface area contributed by atoms with E-state index in [2.05, 4.69) is 50.5 Å². The van der Waals surface area contributed by atoms with E-state index in [9.17, 15) is 4.79 Å². The van der Waals surface area contributed by atoms with Gasteiger partial charge in [0.15, 0.2) is 0 Å². The van der Waals surface area contributed by atoms with Gasteiger partial charge in [-0.15, -0.1) is 0 Å². The molecule has 1 amide bonds. The van der Waals surface area contributed by atoms with Crippen LogP contribution in [0.25, 0.3) is 5.69 Å². The van der Waals surface area contributed by atoms with E-state index >= 15 is 0 Å². The van der Waals surface area contributed by atoms with Gasteiger partial charge in [-0.05, 0) is 42.9 Å². The molecule has 1 aromatic heterocycles. The first-order valence-electron chi connectivity index (χ1n) is 11.2. The maximum absolute atomic E-state index is 13.1. The zero-order valence-corrected chi connectivity index (χ0v) is 18.1. The molecule has 0 spiro atoms. The molecule has 160 valence electrons. The number of para-hydroxylation sites is 1. The van der Waals surface area contributed by atoms with Crippen LogP contribution in [0.5, 0.6) is 0 Å². The second kappa shape index (κ2) is 8.55. The number of benzene rings is 2. The Labute approximate surface area is 183 Å². The highest BCUT2D eigenvalue weighted by Crippen LogP contribution is 2.24. The van der Waals surface area contributed by atoms with E-state index in [1.165, 1.54) is 11.4 Å². The van der Waals surface area contributed by atoms with Gasteiger partial charge in [-0.2, -0.15) is 0 Å². The predicted octanol–water partition coefficient (Wildman–Crippen LogP) is 3.21. The van der Waals surface area contributed by atoms with Crippen LogP contribution < -0.4 is 4.90 Å². The first-order chi connectivity index (χ1) is 15.2. The molecule has 6 heteroatoms. The molecule has 6 nitrogen and oxygen atoms in total. The number of imidazole rings is 1. The normalized spacial score (nSPS) is 16.9. The number of anilines is 1. The van der Waals surface area contributed by atoms with Crippen LogP contribution in [0.3, 0.4) is 0 Å². The number of fused-ring (bicyclic) bond motifs is 1. The lowest BCUT2D eigenvalue weighted by Gasteiger charge is -2.35. The number of aromatic nitrogens is 2. The minimum Gasteiger partial charge on any atom is -0.369 e. The minimum absolute atomic E-state index is 0.0854. The molecule has 2 aliphatic heterocycles. The van der Waals surface area contributed by atoms with Crippen molar-refractivity contribution in [1.82, 2.24) is 19.4 Å². The van der Waals surface area contributed by atoms with Crippen molar-refractivity contribution in [2.75, 3.05) is 44.2 Å². The quantitative estimate of drug-likeness (QED) is 0.656. The Kier molecular flexibility index (Phi) is 5.47. The van der Waals surface area contributed by atoms with Crippen molar-refractivity contribution in [3.8, 4) is 5.69 Å². The Hall–Kier alpha value is -3.12. The Balaban J connectivity index is 1.26. The number of hydrogen-bond donors (Lipinski definition) is 0. The lowest BCUT2D eigenvalue weighted by molar-refractivity contribution is 0.0731. The molecule has 0 radical (unpaired) electrons. The molecule has 1 fully saturated rings. The molecule has 31 heavy (non-hydrogen) atoms. The highest BCUT2D eigenvalue weighted by molar-refractivity contribution is 5.94. The van der Waals surface area contributed by atoms with Gasteiger partial charge in [0.1, 0.15) is 0 Å². The van der Waals surface area contributed by atoms with E-state index in [1.807, 2.05) is 41.6 Å². The number of rotatable bonds is 4. The summed E-state index contributed by atoms with van der Waals surface area (Å²) in [5.41, 5.74) is 5.27. The van der Waals surface area contributed by atoms with E-state index < -0.39 is 0 Å². The zero-order valence-electron chi connectivity index (χ0n) is 18.1. The molecule has 0 bridgehead atoms. The van der Waals surface area contributed by atoms with Crippen molar-refractivity contribution in [3.63, 3.8) is 0 Å². The molecule has 3 aromatic rings. The first kappa shape index (κ1) is 19.8. The van der Waals surface area contributed by atoms with Crippen LogP contribution >= 0.6 is 0 Å². The molecule has 0 saturated carbocycles. The maximum atomic E-state index is 13.1. The maximum Gasteiger partial charge on any atom is 0.254 e. The van der Waals surface area contributed by atoms with Gasteiger partial charge in [-0.25, -0.2) is 4.98 Å². The summed E-state index contributed by atoms with van der Waals surface area (Å²) in [7, 11) is 0. The lowest BCUT2D eigenvalue weighted by atomic mass is 10.1. The van der Waals surface area contributed by atoms with Gasteiger partial charge in [-0.3, -0.25) is 4.79 Å². The van der Waals surface area contributed by atoms with Gasteiger partial charge in [0.25, 0.3) is 5.91 Å². The molecule has 0 aliphatic carbocycles. The number of hydrogen-bond acceptors (Lipinski definition) is 4. The molecule has 5 rings (SSSR count). The largest absolute Gasteiger partial charge is 0.369 e. The van der Waals surface area contributed by atoms with Crippen molar-refractivity contribution in [2.24, 2.45) is 0 Å². The third-order valence-corrected chi connectivity index (χ3v) is 6.53. The van der Waals surface area contributed by atoms with Crippen LogP contribution in [0, 0.1) is 0 Å². The fourth-order valence-electron chi connectivity index (χ4n) is 4.61. The molecule has 2 aliphatic rings. The number of carbonyl (C=O) groups excluding carboxylic acids is 1. The van der Waals surface area contributed by atoms with E-state index in [0.29, 0.717) is 13.1 Å². The summed E-state index contributed by atoms with van der Waals surface area (Å²) in [4.78, 5) is 24.5. The van der Waals surface area contributed by atoms with Crippen molar-refractivity contribution in [1.29, 1.82) is 0 Å². The molecule has 1 saturated heterocycles. The van der Waals surface area contributed by atoms with Gasteiger partial charge in [0.2, 0.25) is 0 Å². The summed E-state index contributed by atoms with van der Waals surface area (Å²) >= 11 is 0. The molecule has 2 aromatic carbocycles. The van der Waals surface area contributed by atoms with Gasteiger partial charge in [-0.1, -0.05) is 25.1 Å². The van der Waals surface area contributed by atoms with Crippen molar-refractivity contribution < 1.29 is 4.79 Å². The SMILES string of the molecule is CCN1CCN(c2ccc(C(=O)N3CCc4c(ncn4-c4ccccc4)C3)cc2)CC1. The Morgan fingerprint density at radius 1 is 0.903 bits per heavy atom. The third-order valence-electron chi connectivity index (χ3n) is 6.53. The Bertz CT molecular complexity index is 1040. The number of amides is 1. The number of carbonyl (C=O) groups is 1. The van der Waals surface area contributed by atoms with Crippen LogP contribution in [-0.4, -0.2) is 64.5 Å². The average Bonchev–Trinajstić information content (AvgIpc) is 3.28. The van der Waals surface area contributed by atoms with Crippen LogP contribution in [0.2, 0.25) is 0 Å². The minimum atomic E-state index is 0.0854. The molecule has 0 N–H and O–H groups in total. The van der Waals surface area contributed by atoms with Crippen LogP contribution in [-0.2, 0) is 13.0 Å². The zero-order chi connectivity index (χ0) is 21.2. The van der Waals surface area contributed by atoms with Crippen molar-refractivity contribution in [2.45, 2.75) is 19.9 Å². The Morgan fingerprint density at radius 3 is 2.35 bits per heavy atom. The van der Waals surface area contributed by atoms with Crippen molar-refractivity contribution >= 4 is 11.6 Å². The molecule has 0 atom stereocenters. The fourth-order valence-corrected chi connectivity index (χ4v) is 4.61. The predicted molar refractivity (Wildman–Crippen MR) is 123 cm³/mol. The second-order valence-electron chi connectivity index (χ2n) is 8.29. The lowest BCUT2D eigenvalue weighted by Crippen LogP contribution is -2.46. The van der Waals surface area contributed by atoms with E-state index in [4.69, 9.17) is 0 Å².